The zero-order valence-electron chi connectivity index (χ0n) is 10.3. The molecule has 16 heavy (non-hydrogen) atoms. The zero-order chi connectivity index (χ0) is 10.5. The van der Waals surface area contributed by atoms with E-state index in [1.807, 2.05) is 0 Å². The lowest BCUT2D eigenvalue weighted by Gasteiger charge is -2.32. The van der Waals surface area contributed by atoms with Crippen LogP contribution in [0.2, 0.25) is 0 Å². The Labute approximate surface area is 110 Å². The van der Waals surface area contributed by atoms with Crippen LogP contribution < -0.4 is 5.32 Å². The van der Waals surface area contributed by atoms with E-state index in [0.29, 0.717) is 0 Å². The lowest BCUT2D eigenvalue weighted by molar-refractivity contribution is 0.171. The molecular formula is C12H25ClN2S. The number of rotatable bonds is 2. The van der Waals surface area contributed by atoms with E-state index >= 15 is 0 Å². The molecule has 0 amide bonds. The number of nitrogens with one attached hydrogen (secondary N) is 1. The molecule has 2 unspecified atom stereocenters. The molecule has 2 saturated heterocycles. The van der Waals surface area contributed by atoms with Crippen LogP contribution in [0, 0.1) is 5.92 Å². The molecule has 0 bridgehead atoms. The predicted molar refractivity (Wildman–Crippen MR) is 75.8 cm³/mol. The second-order valence-corrected chi connectivity index (χ2v) is 6.18. The summed E-state index contributed by atoms with van der Waals surface area (Å²) < 4.78 is 0. The Morgan fingerprint density at radius 2 is 2.19 bits per heavy atom. The van der Waals surface area contributed by atoms with Gasteiger partial charge in [-0.2, -0.15) is 11.8 Å². The lowest BCUT2D eigenvalue weighted by Crippen LogP contribution is -2.42. The van der Waals surface area contributed by atoms with Gasteiger partial charge in [0.25, 0.3) is 0 Å². The first-order valence-corrected chi connectivity index (χ1v) is 7.54. The third-order valence-electron chi connectivity index (χ3n) is 3.72. The first-order valence-electron chi connectivity index (χ1n) is 6.39. The molecule has 0 aromatic heterocycles. The summed E-state index contributed by atoms with van der Waals surface area (Å²) >= 11 is 2.13. The number of nitrogens with zero attached hydrogens (tertiary/aromatic N) is 1. The summed E-state index contributed by atoms with van der Waals surface area (Å²) in [5.41, 5.74) is 0. The van der Waals surface area contributed by atoms with Crippen molar-refractivity contribution >= 4 is 24.2 Å². The van der Waals surface area contributed by atoms with Gasteiger partial charge in [0.2, 0.25) is 0 Å². The van der Waals surface area contributed by atoms with E-state index in [0.717, 1.165) is 12.0 Å². The van der Waals surface area contributed by atoms with Crippen LogP contribution in [0.5, 0.6) is 0 Å². The van der Waals surface area contributed by atoms with E-state index in [1.54, 1.807) is 0 Å². The number of hydrogen-bond acceptors (Lipinski definition) is 3. The molecule has 2 nitrogen and oxygen atoms in total. The Hall–Kier alpha value is 0.560. The molecule has 0 aromatic rings. The fourth-order valence-electron chi connectivity index (χ4n) is 2.62. The summed E-state index contributed by atoms with van der Waals surface area (Å²) in [6.45, 7) is 7.53. The smallest absolute Gasteiger partial charge is 0.00753 e. The first-order chi connectivity index (χ1) is 7.36. The van der Waals surface area contributed by atoms with Crippen molar-refractivity contribution in [3.8, 4) is 0 Å². The Morgan fingerprint density at radius 3 is 2.94 bits per heavy atom. The molecule has 2 aliphatic rings. The van der Waals surface area contributed by atoms with Gasteiger partial charge in [-0.05, 0) is 50.9 Å². The highest BCUT2D eigenvalue weighted by Crippen LogP contribution is 2.19. The van der Waals surface area contributed by atoms with Gasteiger partial charge in [0, 0.05) is 24.9 Å². The van der Waals surface area contributed by atoms with Crippen molar-refractivity contribution in [2.24, 2.45) is 5.92 Å². The highest BCUT2D eigenvalue weighted by molar-refractivity contribution is 7.99. The first kappa shape index (κ1) is 14.6. The molecule has 1 N–H and O–H groups in total. The quantitative estimate of drug-likeness (QED) is 0.824. The average molecular weight is 265 g/mol. The van der Waals surface area contributed by atoms with E-state index < -0.39 is 0 Å². The summed E-state index contributed by atoms with van der Waals surface area (Å²) in [7, 11) is 0. The van der Waals surface area contributed by atoms with Gasteiger partial charge in [0.15, 0.2) is 0 Å². The van der Waals surface area contributed by atoms with Crippen LogP contribution in [0.1, 0.15) is 26.2 Å². The molecule has 4 heteroatoms. The monoisotopic (exact) mass is 264 g/mol. The van der Waals surface area contributed by atoms with E-state index in [4.69, 9.17) is 0 Å². The van der Waals surface area contributed by atoms with Crippen molar-refractivity contribution in [1.82, 2.24) is 10.2 Å². The number of halogens is 1. The summed E-state index contributed by atoms with van der Waals surface area (Å²) in [4.78, 5) is 2.72. The largest absolute Gasteiger partial charge is 0.316 e. The van der Waals surface area contributed by atoms with Gasteiger partial charge in [0.1, 0.15) is 0 Å². The van der Waals surface area contributed by atoms with Gasteiger partial charge in [-0.15, -0.1) is 12.4 Å². The molecule has 2 fully saturated rings. The van der Waals surface area contributed by atoms with E-state index in [2.05, 4.69) is 28.9 Å². The van der Waals surface area contributed by atoms with E-state index in [-0.39, 0.29) is 12.4 Å². The minimum atomic E-state index is 0. The second kappa shape index (κ2) is 7.80. The van der Waals surface area contributed by atoms with Gasteiger partial charge in [-0.3, -0.25) is 4.90 Å². The highest BCUT2D eigenvalue weighted by atomic mass is 35.5. The summed E-state index contributed by atoms with van der Waals surface area (Å²) in [5.74, 6) is 3.61. The summed E-state index contributed by atoms with van der Waals surface area (Å²) in [5, 5.41) is 3.52. The van der Waals surface area contributed by atoms with Crippen LogP contribution >= 0.6 is 24.2 Å². The molecule has 2 aliphatic heterocycles. The highest BCUT2D eigenvalue weighted by Gasteiger charge is 2.21. The van der Waals surface area contributed by atoms with E-state index in [1.165, 1.54) is 56.9 Å². The van der Waals surface area contributed by atoms with Crippen molar-refractivity contribution in [1.29, 1.82) is 0 Å². The maximum atomic E-state index is 3.52. The third-order valence-corrected chi connectivity index (χ3v) is 4.71. The molecule has 2 heterocycles. The van der Waals surface area contributed by atoms with Crippen LogP contribution in [-0.4, -0.2) is 48.6 Å². The zero-order valence-corrected chi connectivity index (χ0v) is 11.9. The molecule has 0 saturated carbocycles. The molecule has 0 aromatic carbocycles. The van der Waals surface area contributed by atoms with Gasteiger partial charge in [-0.1, -0.05) is 0 Å². The topological polar surface area (TPSA) is 15.3 Å². The fraction of sp³-hybridized carbons (Fsp3) is 1.00. The molecule has 0 aliphatic carbocycles. The minimum Gasteiger partial charge on any atom is -0.316 e. The Morgan fingerprint density at radius 1 is 1.31 bits per heavy atom. The molecule has 0 spiro atoms. The van der Waals surface area contributed by atoms with E-state index in [9.17, 15) is 0 Å². The summed E-state index contributed by atoms with van der Waals surface area (Å²) in [6.07, 6.45) is 4.19. The lowest BCUT2D eigenvalue weighted by atomic mass is 9.98. The number of hydrogen-bond donors (Lipinski definition) is 1. The molecule has 2 rings (SSSR count). The number of thioether (sulfide) groups is 1. The standard InChI is InChI=1S/C12H24N2S.ClH/c1-11-4-7-15-8-6-14(11)10-12-3-2-5-13-9-12;/h11-13H,2-10H2,1H3;1H. The molecule has 96 valence electrons. The molecular weight excluding hydrogens is 240 g/mol. The van der Waals surface area contributed by atoms with Crippen molar-refractivity contribution in [2.45, 2.75) is 32.2 Å². The second-order valence-electron chi connectivity index (χ2n) is 4.96. The predicted octanol–water partition coefficient (Wildman–Crippen LogP) is 2.24. The number of piperidine rings is 1. The van der Waals surface area contributed by atoms with Crippen molar-refractivity contribution < 1.29 is 0 Å². The third kappa shape index (κ3) is 4.44. The van der Waals surface area contributed by atoms with Crippen LogP contribution in [0.15, 0.2) is 0 Å². The SMILES string of the molecule is CC1CCSCCN1CC1CCCNC1.Cl. The van der Waals surface area contributed by atoms with Gasteiger partial charge < -0.3 is 5.32 Å². The van der Waals surface area contributed by atoms with Crippen molar-refractivity contribution in [3.05, 3.63) is 0 Å². The fourth-order valence-corrected chi connectivity index (χ4v) is 3.70. The van der Waals surface area contributed by atoms with Gasteiger partial charge in [0.05, 0.1) is 0 Å². The normalized spacial score (nSPS) is 32.8. The van der Waals surface area contributed by atoms with Crippen LogP contribution in [0.25, 0.3) is 0 Å². The summed E-state index contributed by atoms with van der Waals surface area (Å²) in [6, 6.07) is 0.807. The average Bonchev–Trinajstić information content (AvgIpc) is 2.46. The van der Waals surface area contributed by atoms with Crippen molar-refractivity contribution in [2.75, 3.05) is 37.7 Å². The Balaban J connectivity index is 0.00000128. The van der Waals surface area contributed by atoms with Crippen LogP contribution in [0.4, 0.5) is 0 Å². The maximum absolute atomic E-state index is 3.52. The Kier molecular flexibility index (Phi) is 7.13. The van der Waals surface area contributed by atoms with Gasteiger partial charge >= 0.3 is 0 Å². The van der Waals surface area contributed by atoms with Crippen molar-refractivity contribution in [3.63, 3.8) is 0 Å². The van der Waals surface area contributed by atoms with Crippen LogP contribution in [-0.2, 0) is 0 Å². The molecule has 2 atom stereocenters. The maximum Gasteiger partial charge on any atom is 0.00753 e. The minimum absolute atomic E-state index is 0. The molecule has 0 radical (unpaired) electrons. The van der Waals surface area contributed by atoms with Gasteiger partial charge in [-0.25, -0.2) is 0 Å². The van der Waals surface area contributed by atoms with Crippen LogP contribution in [0.3, 0.4) is 0 Å². The Bertz CT molecular complexity index is 186.